The summed E-state index contributed by atoms with van der Waals surface area (Å²) in [6.45, 7) is 25.6. The van der Waals surface area contributed by atoms with Gasteiger partial charge in [-0.2, -0.15) is 0 Å². The normalized spacial score (nSPS) is 20.6. The van der Waals surface area contributed by atoms with E-state index in [4.69, 9.17) is 14.2 Å². The van der Waals surface area contributed by atoms with Gasteiger partial charge >= 0.3 is 0 Å². The van der Waals surface area contributed by atoms with E-state index in [1.165, 1.54) is 133 Å². The van der Waals surface area contributed by atoms with Crippen molar-refractivity contribution >= 4 is 0 Å². The second-order valence-corrected chi connectivity index (χ2v) is 18.6. The Hall–Kier alpha value is -2.20. The molecule has 4 aliphatic carbocycles. The molecule has 0 saturated heterocycles. The summed E-state index contributed by atoms with van der Waals surface area (Å²) in [6, 6.07) is 21.3. The first-order valence-electron chi connectivity index (χ1n) is 25.5. The van der Waals surface area contributed by atoms with Crippen LogP contribution in [0.5, 0.6) is 0 Å². The molecule has 0 amide bonds. The molecule has 4 aliphatic rings. The number of hydrogen-bond donors (Lipinski definition) is 0. The van der Waals surface area contributed by atoms with E-state index in [0.717, 1.165) is 5.92 Å². The quantitative estimate of drug-likeness (QED) is 0.199. The first kappa shape index (κ1) is 55.8. The van der Waals surface area contributed by atoms with Crippen LogP contribution in [-0.2, 0) is 14.2 Å². The van der Waals surface area contributed by atoms with Crippen molar-refractivity contribution in [1.82, 2.24) is 0 Å². The predicted octanol–water partition coefficient (Wildman–Crippen LogP) is 18.2. The fourth-order valence-corrected chi connectivity index (χ4v) is 8.74. The van der Waals surface area contributed by atoms with E-state index in [1.807, 2.05) is 0 Å². The van der Waals surface area contributed by atoms with Gasteiger partial charge in [0.15, 0.2) is 0 Å². The summed E-state index contributed by atoms with van der Waals surface area (Å²) in [4.78, 5) is 0. The summed E-state index contributed by atoms with van der Waals surface area (Å²) in [5.41, 5.74) is 2.66. The minimum atomic E-state index is 0.216. The van der Waals surface area contributed by atoms with Gasteiger partial charge in [-0.05, 0) is 129 Å². The second kappa shape index (κ2) is 36.3. The second-order valence-electron chi connectivity index (χ2n) is 18.6. The van der Waals surface area contributed by atoms with Crippen molar-refractivity contribution in [2.24, 2.45) is 23.7 Å². The van der Waals surface area contributed by atoms with Gasteiger partial charge in [0.05, 0.1) is 36.6 Å². The monoisotopic (exact) mass is 831 g/mol. The van der Waals surface area contributed by atoms with Crippen molar-refractivity contribution < 1.29 is 14.2 Å². The van der Waals surface area contributed by atoms with Crippen molar-refractivity contribution in [2.45, 2.75) is 242 Å². The van der Waals surface area contributed by atoms with Crippen molar-refractivity contribution in [1.29, 1.82) is 0 Å². The van der Waals surface area contributed by atoms with E-state index in [0.29, 0.717) is 42.2 Å². The third-order valence-electron chi connectivity index (χ3n) is 11.1. The minimum absolute atomic E-state index is 0.216. The topological polar surface area (TPSA) is 27.7 Å². The molecule has 5 atom stereocenters. The smallest absolute Gasteiger partial charge is 0.0890 e. The van der Waals surface area contributed by atoms with E-state index >= 15 is 0 Å². The summed E-state index contributed by atoms with van der Waals surface area (Å²) in [5, 5.41) is 0. The van der Waals surface area contributed by atoms with Crippen LogP contribution in [0.25, 0.3) is 0 Å². The van der Waals surface area contributed by atoms with Crippen LogP contribution in [0.15, 0.2) is 85.0 Å². The molecule has 0 bridgehead atoms. The van der Waals surface area contributed by atoms with Crippen LogP contribution in [0.3, 0.4) is 0 Å². The molecule has 0 spiro atoms. The summed E-state index contributed by atoms with van der Waals surface area (Å²) in [5.74, 6) is 2.76. The third kappa shape index (κ3) is 25.0. The molecular weight excluding hydrogens is 733 g/mol. The molecule has 344 valence electrons. The Balaban J connectivity index is 0.000000408. The zero-order chi connectivity index (χ0) is 44.4. The van der Waals surface area contributed by atoms with Crippen molar-refractivity contribution in [3.05, 3.63) is 96.1 Å². The number of hydrogen-bond acceptors (Lipinski definition) is 3. The van der Waals surface area contributed by atoms with Crippen molar-refractivity contribution in [3.63, 3.8) is 0 Å². The molecular formula is C57H98O3. The lowest BCUT2D eigenvalue weighted by Gasteiger charge is -2.36. The molecule has 2 aromatic rings. The molecule has 0 radical (unpaired) electrons. The lowest BCUT2D eigenvalue weighted by Crippen LogP contribution is -2.35. The van der Waals surface area contributed by atoms with Gasteiger partial charge in [0.25, 0.3) is 0 Å². The molecule has 2 saturated carbocycles. The van der Waals surface area contributed by atoms with Crippen LogP contribution < -0.4 is 0 Å². The molecule has 3 heteroatoms. The van der Waals surface area contributed by atoms with Gasteiger partial charge in [-0.25, -0.2) is 0 Å². The van der Waals surface area contributed by atoms with Gasteiger partial charge in [-0.1, -0.05) is 184 Å². The molecule has 5 unspecified atom stereocenters. The first-order chi connectivity index (χ1) is 29.1. The summed E-state index contributed by atoms with van der Waals surface area (Å²) in [7, 11) is 0. The largest absolute Gasteiger partial charge is 0.375 e. The Bertz CT molecular complexity index is 1250. The molecule has 3 nitrogen and oxygen atoms in total. The van der Waals surface area contributed by atoms with Gasteiger partial charge in [-0.3, -0.25) is 0 Å². The highest BCUT2D eigenvalue weighted by atomic mass is 16.5. The Labute approximate surface area is 374 Å². The minimum Gasteiger partial charge on any atom is -0.375 e. The van der Waals surface area contributed by atoms with E-state index in [1.54, 1.807) is 0 Å². The van der Waals surface area contributed by atoms with Crippen LogP contribution in [0.4, 0.5) is 0 Å². The number of ether oxygens (including phenoxy) is 3. The van der Waals surface area contributed by atoms with E-state index in [2.05, 4.69) is 168 Å². The van der Waals surface area contributed by atoms with Crippen LogP contribution >= 0.6 is 0 Å². The third-order valence-corrected chi connectivity index (χ3v) is 11.1. The van der Waals surface area contributed by atoms with Gasteiger partial charge in [-0.15, -0.1) is 0 Å². The Morgan fingerprint density at radius 3 is 1.17 bits per heavy atom. The van der Waals surface area contributed by atoms with Crippen LogP contribution in [0, 0.1) is 23.7 Å². The average Bonchev–Trinajstić information content (AvgIpc) is 3.27. The molecule has 60 heavy (non-hydrogen) atoms. The molecule has 0 aromatic heterocycles. The van der Waals surface area contributed by atoms with Crippen LogP contribution in [-0.4, -0.2) is 24.4 Å². The Kier molecular flexibility index (Phi) is 33.8. The maximum atomic E-state index is 6.28. The van der Waals surface area contributed by atoms with Gasteiger partial charge < -0.3 is 14.2 Å². The van der Waals surface area contributed by atoms with Gasteiger partial charge in [0, 0.05) is 11.8 Å². The van der Waals surface area contributed by atoms with Gasteiger partial charge in [0.1, 0.15) is 0 Å². The highest BCUT2D eigenvalue weighted by Crippen LogP contribution is 2.38. The molecule has 6 rings (SSSR count). The van der Waals surface area contributed by atoms with Crippen LogP contribution in [0.1, 0.15) is 228 Å². The highest BCUT2D eigenvalue weighted by Gasteiger charge is 2.31. The molecule has 2 fully saturated rings. The van der Waals surface area contributed by atoms with Crippen molar-refractivity contribution in [2.75, 3.05) is 0 Å². The molecule has 0 heterocycles. The van der Waals surface area contributed by atoms with Gasteiger partial charge in [0.2, 0.25) is 0 Å². The Morgan fingerprint density at radius 2 is 0.783 bits per heavy atom. The van der Waals surface area contributed by atoms with E-state index < -0.39 is 0 Å². The predicted molar refractivity (Wildman–Crippen MR) is 265 cm³/mol. The summed E-state index contributed by atoms with van der Waals surface area (Å²) >= 11 is 0. The fraction of sp³-hybridized carbons (Fsp3) is 0.719. The maximum absolute atomic E-state index is 6.28. The Morgan fingerprint density at radius 1 is 0.417 bits per heavy atom. The highest BCUT2D eigenvalue weighted by molar-refractivity contribution is 5.21. The molecule has 2 aromatic carbocycles. The first-order valence-corrected chi connectivity index (χ1v) is 25.5. The lowest BCUT2D eigenvalue weighted by atomic mass is 9.77. The van der Waals surface area contributed by atoms with Crippen LogP contribution in [0.2, 0.25) is 0 Å². The van der Waals surface area contributed by atoms with E-state index in [9.17, 15) is 0 Å². The standard InChI is InChI=1S/C16H28O.C16H24O.C16H22O.3C3H8/c3*1-13(2)17-16(14-9-5-3-6-10-14)15-11-7-4-8-12-15;3*1-3-2/h5,9,13-16H,3-4,6-8,10-12H2,1-2H3;3,5-6,9-10,13,15-16H,4,7-8,11-12H2,1-2H3;3,5-7,9-11,13,15-16H,4,8,12H2,1-2H3;3*3H2,1-2H3. The number of rotatable bonds is 12. The summed E-state index contributed by atoms with van der Waals surface area (Å²) < 4.78 is 18.6. The zero-order valence-electron chi connectivity index (χ0n) is 41.5. The zero-order valence-corrected chi connectivity index (χ0v) is 41.5. The lowest BCUT2D eigenvalue weighted by molar-refractivity contribution is -0.0602. The SMILES string of the molecule is CC(C)OC(C1C=CCCC1)C1CCCCC1.CC(C)OC(c1ccccc1)C1C=CCCC1.CC(C)OC(c1ccccc1)C1CCCCC1.CCC.CCC.CCC. The number of allylic oxidation sites excluding steroid dienone is 2. The molecule has 0 aliphatic heterocycles. The fourth-order valence-electron chi connectivity index (χ4n) is 8.74. The summed E-state index contributed by atoms with van der Waals surface area (Å²) in [6.07, 6.45) is 36.7. The van der Waals surface area contributed by atoms with Crippen molar-refractivity contribution in [3.8, 4) is 0 Å². The maximum Gasteiger partial charge on any atom is 0.0890 e. The average molecular weight is 831 g/mol. The molecule has 0 N–H and O–H groups in total. The number of benzene rings is 2. The van der Waals surface area contributed by atoms with E-state index in [-0.39, 0.29) is 12.2 Å².